The molecule has 0 aromatic heterocycles. The minimum atomic E-state index is -1.48. The molecule has 0 saturated carbocycles. The molecule has 0 spiro atoms. The van der Waals surface area contributed by atoms with Gasteiger partial charge in [0.05, 0.1) is 17.4 Å². The van der Waals surface area contributed by atoms with Gasteiger partial charge in [0.25, 0.3) is 5.91 Å². The molecule has 4 rings (SSSR count). The molecule has 42 heavy (non-hydrogen) atoms. The van der Waals surface area contributed by atoms with Crippen molar-refractivity contribution >= 4 is 59.3 Å². The number of benzene rings is 3. The Labute approximate surface area is 254 Å². The van der Waals surface area contributed by atoms with E-state index < -0.39 is 41.9 Å². The maximum Gasteiger partial charge on any atom is 0.291 e. The maximum atomic E-state index is 14.5. The summed E-state index contributed by atoms with van der Waals surface area (Å²) in [4.78, 5) is 60.0. The molecule has 10 nitrogen and oxygen atoms in total. The average Bonchev–Trinajstić information content (AvgIpc) is 3.10. The van der Waals surface area contributed by atoms with Gasteiger partial charge in [0.15, 0.2) is 0 Å². The molecule has 3 atom stereocenters. The number of hydrazine groups is 1. The lowest BCUT2D eigenvalue weighted by atomic mass is 10.00. The molecule has 0 bridgehead atoms. The van der Waals surface area contributed by atoms with Gasteiger partial charge in [-0.15, -0.1) is 0 Å². The first-order chi connectivity index (χ1) is 20.0. The van der Waals surface area contributed by atoms with E-state index >= 15 is 0 Å². The molecule has 4 amide bonds. The van der Waals surface area contributed by atoms with Crippen LogP contribution in [-0.2, 0) is 25.6 Å². The molecule has 4 N–H and O–H groups in total. The van der Waals surface area contributed by atoms with Crippen LogP contribution < -0.4 is 16.5 Å². The number of nitrogens with two attached hydrogens (primary N) is 2. The van der Waals surface area contributed by atoms with Crippen molar-refractivity contribution in [3.63, 3.8) is 0 Å². The van der Waals surface area contributed by atoms with Crippen LogP contribution in [0.3, 0.4) is 0 Å². The minimum Gasteiger partial charge on any atom is -0.368 e. The zero-order chi connectivity index (χ0) is 30.6. The number of nitrogens with zero attached hydrogens (tertiary/aromatic N) is 4. The monoisotopic (exact) mass is 606 g/mol. The first kappa shape index (κ1) is 30.8. The molecule has 1 aliphatic heterocycles. The number of hydrogen-bond acceptors (Lipinski definition) is 7. The second-order valence-electron chi connectivity index (χ2n) is 9.74. The number of carbonyl (C=O) groups excluding carboxylic acids is 4. The van der Waals surface area contributed by atoms with Crippen molar-refractivity contribution in [1.29, 1.82) is 0 Å². The van der Waals surface area contributed by atoms with Crippen molar-refractivity contribution in [2.24, 2.45) is 16.5 Å². The predicted octanol–water partition coefficient (Wildman–Crippen LogP) is 2.43. The van der Waals surface area contributed by atoms with Gasteiger partial charge in [-0.05, 0) is 23.8 Å². The van der Waals surface area contributed by atoms with Crippen LogP contribution in [0.2, 0.25) is 5.02 Å². The van der Waals surface area contributed by atoms with E-state index in [2.05, 4.69) is 12.6 Å². The lowest BCUT2D eigenvalue weighted by molar-refractivity contribution is -0.145. The lowest BCUT2D eigenvalue weighted by Crippen LogP contribution is -2.62. The third kappa shape index (κ3) is 6.33. The maximum absolute atomic E-state index is 14.5. The Bertz CT molecular complexity index is 1520. The van der Waals surface area contributed by atoms with E-state index in [9.17, 15) is 19.2 Å². The Morgan fingerprint density at radius 3 is 2.24 bits per heavy atom. The zero-order valence-corrected chi connectivity index (χ0v) is 24.7. The molecule has 1 aliphatic rings. The number of primary amides is 1. The fraction of sp³-hybridized carbons (Fsp3) is 0.233. The van der Waals surface area contributed by atoms with Crippen LogP contribution in [0.1, 0.15) is 23.6 Å². The average molecular weight is 607 g/mol. The molecule has 0 aliphatic carbocycles. The van der Waals surface area contributed by atoms with Crippen molar-refractivity contribution in [3.8, 4) is 0 Å². The fourth-order valence-corrected chi connectivity index (χ4v) is 5.09. The first-order valence-electron chi connectivity index (χ1n) is 13.1. The minimum absolute atomic E-state index is 0.0266. The van der Waals surface area contributed by atoms with E-state index in [1.807, 2.05) is 12.1 Å². The number of hydrogen-bond donors (Lipinski definition) is 3. The van der Waals surface area contributed by atoms with E-state index in [0.29, 0.717) is 21.9 Å². The quantitative estimate of drug-likeness (QED) is 0.321. The highest BCUT2D eigenvalue weighted by atomic mass is 35.5. The number of benzodiazepines with no additional fused rings is 1. The molecule has 1 heterocycles. The number of rotatable bonds is 9. The van der Waals surface area contributed by atoms with E-state index in [-0.39, 0.29) is 17.9 Å². The van der Waals surface area contributed by atoms with Gasteiger partial charge in [-0.3, -0.25) is 19.2 Å². The highest BCUT2D eigenvalue weighted by Gasteiger charge is 2.43. The zero-order valence-electron chi connectivity index (χ0n) is 23.1. The summed E-state index contributed by atoms with van der Waals surface area (Å²) in [5, 5.41) is 2.44. The van der Waals surface area contributed by atoms with Gasteiger partial charge in [-0.1, -0.05) is 72.3 Å². The second kappa shape index (κ2) is 13.2. The first-order valence-corrected chi connectivity index (χ1v) is 14.1. The number of halogens is 1. The topological polar surface area (TPSA) is 142 Å². The molecule has 2 unspecified atom stereocenters. The summed E-state index contributed by atoms with van der Waals surface area (Å²) in [5.74, 6) is -2.80. The van der Waals surface area contributed by atoms with Gasteiger partial charge >= 0.3 is 0 Å². The lowest BCUT2D eigenvalue weighted by Gasteiger charge is -2.40. The smallest absolute Gasteiger partial charge is 0.291 e. The summed E-state index contributed by atoms with van der Waals surface area (Å²) in [6.07, 6.45) is -1.45. The Balaban J connectivity index is 1.98. The summed E-state index contributed by atoms with van der Waals surface area (Å²) in [5.41, 5.74) is 14.2. The third-order valence-corrected chi connectivity index (χ3v) is 7.46. The molecule has 0 saturated heterocycles. The molecular formula is C30H31ClN6O4S. The van der Waals surface area contributed by atoms with E-state index in [4.69, 9.17) is 28.1 Å². The van der Waals surface area contributed by atoms with Crippen LogP contribution in [0.15, 0.2) is 83.9 Å². The van der Waals surface area contributed by atoms with Gasteiger partial charge in [0, 0.05) is 42.3 Å². The Hall–Kier alpha value is -4.19. The Kier molecular flexibility index (Phi) is 9.66. The van der Waals surface area contributed by atoms with E-state index in [0.717, 1.165) is 20.5 Å². The number of aliphatic imine (C=N–C) groups is 1. The standard InChI is InChI=1S/C30H31ClN6O4S/c1-18(38)36(25(27(33)39)15-19-9-5-3-6-10-19)37-24-14-13-21(31)16-22(24)26(20-11-7-4-8-12-20)34-28(30(37)41)35(2)29(40)23(32)17-42/h3-14,16,23,25,28,42H,15,17,32H2,1-2H3,(H2,33,39)/t23?,25-,28?/m0/s1. The summed E-state index contributed by atoms with van der Waals surface area (Å²) in [6.45, 7) is 1.23. The molecule has 0 fully saturated rings. The van der Waals surface area contributed by atoms with Gasteiger partial charge in [0.1, 0.15) is 6.04 Å². The van der Waals surface area contributed by atoms with Crippen LogP contribution >= 0.6 is 24.2 Å². The number of likely N-dealkylation sites (N-methyl/N-ethyl adjacent to an activating group) is 1. The van der Waals surface area contributed by atoms with Gasteiger partial charge in [-0.2, -0.15) is 12.6 Å². The molecule has 12 heteroatoms. The fourth-order valence-electron chi connectivity index (χ4n) is 4.76. The van der Waals surface area contributed by atoms with Crippen LogP contribution in [0.4, 0.5) is 5.69 Å². The van der Waals surface area contributed by atoms with E-state index in [1.165, 1.54) is 14.0 Å². The van der Waals surface area contributed by atoms with Crippen molar-refractivity contribution < 1.29 is 19.2 Å². The van der Waals surface area contributed by atoms with Crippen molar-refractivity contribution in [2.75, 3.05) is 17.8 Å². The number of amides is 4. The highest BCUT2D eigenvalue weighted by Crippen LogP contribution is 2.34. The van der Waals surface area contributed by atoms with Crippen molar-refractivity contribution in [1.82, 2.24) is 9.91 Å². The van der Waals surface area contributed by atoms with Crippen LogP contribution in [-0.4, -0.2) is 70.3 Å². The Morgan fingerprint density at radius 1 is 1.05 bits per heavy atom. The van der Waals surface area contributed by atoms with Gasteiger partial charge in [-0.25, -0.2) is 15.0 Å². The summed E-state index contributed by atoms with van der Waals surface area (Å²) in [7, 11) is 1.40. The van der Waals surface area contributed by atoms with Gasteiger partial charge < -0.3 is 16.4 Å². The molecule has 0 radical (unpaired) electrons. The summed E-state index contributed by atoms with van der Waals surface area (Å²) in [6, 6.07) is 20.5. The molecule has 3 aromatic carbocycles. The Morgan fingerprint density at radius 2 is 1.67 bits per heavy atom. The van der Waals surface area contributed by atoms with Crippen molar-refractivity contribution in [2.45, 2.75) is 31.6 Å². The number of fused-ring (bicyclic) bond motifs is 1. The van der Waals surface area contributed by atoms with Crippen molar-refractivity contribution in [3.05, 3.63) is 101 Å². The SMILES string of the molecule is CC(=O)N([C@@H](Cc1ccccc1)C(N)=O)N1C(=O)C(N(C)C(=O)C(N)CS)N=C(c2ccccc2)c2cc(Cl)ccc21. The molecule has 3 aromatic rings. The number of thiol groups is 1. The van der Waals surface area contributed by atoms with Gasteiger partial charge in [0.2, 0.25) is 23.9 Å². The van der Waals surface area contributed by atoms with E-state index in [1.54, 1.807) is 66.7 Å². The second-order valence-corrected chi connectivity index (χ2v) is 10.5. The summed E-state index contributed by atoms with van der Waals surface area (Å²) < 4.78 is 0. The number of carbonyl (C=O) groups is 4. The molecular weight excluding hydrogens is 576 g/mol. The predicted molar refractivity (Wildman–Crippen MR) is 165 cm³/mol. The summed E-state index contributed by atoms with van der Waals surface area (Å²) >= 11 is 10.6. The van der Waals surface area contributed by atoms with Crippen LogP contribution in [0.25, 0.3) is 0 Å². The largest absolute Gasteiger partial charge is 0.368 e. The molecule has 218 valence electrons. The number of anilines is 1. The highest BCUT2D eigenvalue weighted by molar-refractivity contribution is 7.80. The van der Waals surface area contributed by atoms with Crippen LogP contribution in [0.5, 0.6) is 0 Å². The van der Waals surface area contributed by atoms with Crippen LogP contribution in [0, 0.1) is 0 Å². The third-order valence-electron chi connectivity index (χ3n) is 6.83. The normalized spacial score (nSPS) is 16.0.